The first-order valence-corrected chi connectivity index (χ1v) is 10.2. The zero-order chi connectivity index (χ0) is 20.4. The predicted molar refractivity (Wildman–Crippen MR) is 117 cm³/mol. The number of carbonyl (C=O) groups is 1. The highest BCUT2D eigenvalue weighted by atomic mass is 32.1. The molecular weight excluding hydrogens is 382 g/mol. The molecule has 2 aromatic carbocycles. The van der Waals surface area contributed by atoms with Crippen molar-refractivity contribution in [3.63, 3.8) is 0 Å². The lowest BCUT2D eigenvalue weighted by molar-refractivity contribution is -0.121. The fraction of sp³-hybridized carbons (Fsp3) is 0.174. The van der Waals surface area contributed by atoms with Crippen LogP contribution in [0.3, 0.4) is 0 Å². The minimum atomic E-state index is -0.221. The summed E-state index contributed by atoms with van der Waals surface area (Å²) < 4.78 is 1.37. The molecule has 0 fully saturated rings. The molecule has 1 amide bonds. The molecule has 0 saturated heterocycles. The third kappa shape index (κ3) is 4.12. The van der Waals surface area contributed by atoms with Gasteiger partial charge in [0.2, 0.25) is 5.91 Å². The molecule has 0 unspecified atom stereocenters. The molecule has 0 saturated carbocycles. The number of thiophene rings is 1. The number of nitrogens with zero attached hydrogens (tertiary/aromatic N) is 2. The Morgan fingerprint density at radius 2 is 1.69 bits per heavy atom. The van der Waals surface area contributed by atoms with Gasteiger partial charge in [0.15, 0.2) is 0 Å². The minimum absolute atomic E-state index is 0.0587. The molecule has 146 valence electrons. The van der Waals surface area contributed by atoms with Crippen molar-refractivity contribution in [2.45, 2.75) is 26.9 Å². The number of fused-ring (bicyclic) bond motifs is 1. The van der Waals surface area contributed by atoms with Gasteiger partial charge in [-0.1, -0.05) is 59.7 Å². The molecule has 0 radical (unpaired) electrons. The Bertz CT molecular complexity index is 1220. The van der Waals surface area contributed by atoms with E-state index in [9.17, 15) is 9.59 Å². The number of benzene rings is 2. The van der Waals surface area contributed by atoms with Crippen LogP contribution in [0.1, 0.15) is 16.7 Å². The molecule has 0 bridgehead atoms. The summed E-state index contributed by atoms with van der Waals surface area (Å²) in [5.74, 6) is -0.221. The van der Waals surface area contributed by atoms with Crippen molar-refractivity contribution in [3.05, 3.63) is 87.3 Å². The number of aromatic nitrogens is 2. The average molecular weight is 404 g/mol. The fourth-order valence-electron chi connectivity index (χ4n) is 3.14. The maximum Gasteiger partial charge on any atom is 0.263 e. The zero-order valence-corrected chi connectivity index (χ0v) is 17.1. The fourth-order valence-corrected chi connectivity index (χ4v) is 4.05. The van der Waals surface area contributed by atoms with E-state index < -0.39 is 0 Å². The number of rotatable bonds is 5. The van der Waals surface area contributed by atoms with Crippen molar-refractivity contribution >= 4 is 27.5 Å². The Kier molecular flexibility index (Phi) is 5.27. The standard InChI is InChI=1S/C23H21N3O2S/c1-15-3-7-17(8-4-15)11-24-20(27)12-26-14-25-22-21(23(26)28)19(13-29-22)18-9-5-16(2)6-10-18/h3-10,13-14H,11-12H2,1-2H3,(H,24,27). The second kappa shape index (κ2) is 8.01. The number of amides is 1. The molecule has 0 spiro atoms. The predicted octanol–water partition coefficient (Wildman–Crippen LogP) is 4.06. The van der Waals surface area contributed by atoms with E-state index in [-0.39, 0.29) is 18.0 Å². The van der Waals surface area contributed by atoms with E-state index in [0.29, 0.717) is 16.8 Å². The highest BCUT2D eigenvalue weighted by molar-refractivity contribution is 7.17. The van der Waals surface area contributed by atoms with Gasteiger partial charge >= 0.3 is 0 Å². The molecule has 0 aliphatic rings. The number of aryl methyl sites for hydroxylation is 2. The van der Waals surface area contributed by atoms with E-state index in [1.54, 1.807) is 0 Å². The van der Waals surface area contributed by atoms with Crippen molar-refractivity contribution in [1.82, 2.24) is 14.9 Å². The Hall–Kier alpha value is -3.25. The quantitative estimate of drug-likeness (QED) is 0.547. The van der Waals surface area contributed by atoms with Crippen LogP contribution < -0.4 is 10.9 Å². The van der Waals surface area contributed by atoms with Gasteiger partial charge in [0.05, 0.1) is 11.7 Å². The lowest BCUT2D eigenvalue weighted by Crippen LogP contribution is -2.32. The molecule has 1 N–H and O–H groups in total. The van der Waals surface area contributed by atoms with E-state index in [4.69, 9.17) is 0 Å². The first-order valence-electron chi connectivity index (χ1n) is 9.37. The van der Waals surface area contributed by atoms with Crippen molar-refractivity contribution in [2.24, 2.45) is 0 Å². The van der Waals surface area contributed by atoms with Crippen molar-refractivity contribution in [1.29, 1.82) is 0 Å². The van der Waals surface area contributed by atoms with Gasteiger partial charge in [-0.2, -0.15) is 0 Å². The Labute approximate surface area is 172 Å². The topological polar surface area (TPSA) is 64.0 Å². The molecule has 0 aliphatic heterocycles. The molecule has 2 aromatic heterocycles. The summed E-state index contributed by atoms with van der Waals surface area (Å²) in [7, 11) is 0. The maximum absolute atomic E-state index is 13.0. The molecule has 4 aromatic rings. The van der Waals surface area contributed by atoms with Gasteiger partial charge in [-0.3, -0.25) is 14.2 Å². The summed E-state index contributed by atoms with van der Waals surface area (Å²) in [6, 6.07) is 16.0. The van der Waals surface area contributed by atoms with Gasteiger partial charge < -0.3 is 5.32 Å². The number of nitrogens with one attached hydrogen (secondary N) is 1. The Morgan fingerprint density at radius 1 is 1.03 bits per heavy atom. The molecule has 6 heteroatoms. The van der Waals surface area contributed by atoms with Gasteiger partial charge in [-0.05, 0) is 25.0 Å². The third-order valence-electron chi connectivity index (χ3n) is 4.85. The summed E-state index contributed by atoms with van der Waals surface area (Å²) in [5, 5.41) is 5.38. The van der Waals surface area contributed by atoms with E-state index >= 15 is 0 Å². The largest absolute Gasteiger partial charge is 0.350 e. The van der Waals surface area contributed by atoms with E-state index in [2.05, 4.69) is 10.3 Å². The van der Waals surface area contributed by atoms with Gasteiger partial charge in [0, 0.05) is 17.5 Å². The molecular formula is C23H21N3O2S. The van der Waals surface area contributed by atoms with Crippen molar-refractivity contribution in [3.8, 4) is 11.1 Å². The SMILES string of the molecule is Cc1ccc(CNC(=O)Cn2cnc3scc(-c4ccc(C)cc4)c3c2=O)cc1. The van der Waals surface area contributed by atoms with Crippen LogP contribution in [0.15, 0.2) is 65.0 Å². The average Bonchev–Trinajstić information content (AvgIpc) is 3.15. The van der Waals surface area contributed by atoms with E-state index in [0.717, 1.165) is 22.3 Å². The van der Waals surface area contributed by atoms with Gasteiger partial charge in [0.25, 0.3) is 5.56 Å². The summed E-state index contributed by atoms with van der Waals surface area (Å²) in [4.78, 5) is 30.5. The number of carbonyl (C=O) groups excluding carboxylic acids is 1. The van der Waals surface area contributed by atoms with Gasteiger partial charge in [0.1, 0.15) is 11.4 Å². The van der Waals surface area contributed by atoms with Crippen molar-refractivity contribution in [2.75, 3.05) is 0 Å². The molecule has 0 aliphatic carbocycles. The first kappa shape index (κ1) is 19.1. The van der Waals surface area contributed by atoms with Gasteiger partial charge in [-0.25, -0.2) is 4.98 Å². The molecule has 29 heavy (non-hydrogen) atoms. The van der Waals surface area contributed by atoms with Crippen LogP contribution in [0.5, 0.6) is 0 Å². The smallest absolute Gasteiger partial charge is 0.263 e. The number of hydrogen-bond donors (Lipinski definition) is 1. The van der Waals surface area contributed by atoms with Crippen molar-refractivity contribution < 1.29 is 4.79 Å². The Balaban J connectivity index is 1.56. The lowest BCUT2D eigenvalue weighted by atomic mass is 10.1. The van der Waals surface area contributed by atoms with E-state index in [1.807, 2.05) is 67.8 Å². The first-order chi connectivity index (χ1) is 14.0. The highest BCUT2D eigenvalue weighted by Gasteiger charge is 2.14. The van der Waals surface area contributed by atoms with E-state index in [1.165, 1.54) is 27.8 Å². The van der Waals surface area contributed by atoms with Crippen LogP contribution in [0.4, 0.5) is 0 Å². The maximum atomic E-state index is 13.0. The minimum Gasteiger partial charge on any atom is -0.350 e. The van der Waals surface area contributed by atoms with Crippen LogP contribution in [-0.2, 0) is 17.9 Å². The third-order valence-corrected chi connectivity index (χ3v) is 5.73. The summed E-state index contributed by atoms with van der Waals surface area (Å²) >= 11 is 1.44. The second-order valence-electron chi connectivity index (χ2n) is 7.14. The van der Waals surface area contributed by atoms with Crippen LogP contribution in [0.2, 0.25) is 0 Å². The highest BCUT2D eigenvalue weighted by Crippen LogP contribution is 2.30. The van der Waals surface area contributed by atoms with Crippen LogP contribution >= 0.6 is 11.3 Å². The van der Waals surface area contributed by atoms with Crippen LogP contribution in [-0.4, -0.2) is 15.5 Å². The molecule has 0 atom stereocenters. The molecule has 4 rings (SSSR count). The summed E-state index contributed by atoms with van der Waals surface area (Å²) in [5.41, 5.74) is 4.99. The summed E-state index contributed by atoms with van der Waals surface area (Å²) in [6.07, 6.45) is 1.45. The number of hydrogen-bond acceptors (Lipinski definition) is 4. The molecule has 5 nitrogen and oxygen atoms in total. The summed E-state index contributed by atoms with van der Waals surface area (Å²) in [6.45, 7) is 4.42. The van der Waals surface area contributed by atoms with Crippen LogP contribution in [0.25, 0.3) is 21.3 Å². The monoisotopic (exact) mass is 403 g/mol. The second-order valence-corrected chi connectivity index (χ2v) is 7.99. The van der Waals surface area contributed by atoms with Crippen LogP contribution in [0, 0.1) is 13.8 Å². The lowest BCUT2D eigenvalue weighted by Gasteiger charge is -2.08. The zero-order valence-electron chi connectivity index (χ0n) is 16.3. The van der Waals surface area contributed by atoms with Gasteiger partial charge in [-0.15, -0.1) is 11.3 Å². The normalized spacial score (nSPS) is 11.0. The Morgan fingerprint density at radius 3 is 2.38 bits per heavy atom. The molecule has 2 heterocycles.